The minimum atomic E-state index is -1.09. The number of carbonyl (C=O) groups excluding carboxylic acids is 1. The number of hydrogen-bond acceptors (Lipinski definition) is 4. The maximum absolute atomic E-state index is 13.7. The molecule has 22 heavy (non-hydrogen) atoms. The molecule has 1 aliphatic rings. The Kier molecular flexibility index (Phi) is 5.31. The fraction of sp³-hybridized carbons (Fsp3) is 0.267. The minimum absolute atomic E-state index is 0.188. The van der Waals surface area contributed by atoms with Crippen molar-refractivity contribution in [2.75, 3.05) is 0 Å². The molecule has 4 nitrogen and oxygen atoms in total. The molecule has 0 aromatic heterocycles. The predicted molar refractivity (Wildman–Crippen MR) is 87.7 cm³/mol. The van der Waals surface area contributed by atoms with Crippen LogP contribution < -0.4 is 0 Å². The van der Waals surface area contributed by atoms with Crippen LogP contribution in [0, 0.1) is 5.82 Å². The van der Waals surface area contributed by atoms with Crippen LogP contribution in [0.3, 0.4) is 0 Å². The van der Waals surface area contributed by atoms with Crippen LogP contribution in [-0.2, 0) is 9.59 Å². The lowest BCUT2D eigenvalue weighted by Gasteiger charge is -2.22. The van der Waals surface area contributed by atoms with E-state index in [2.05, 4.69) is 0 Å². The topological polar surface area (TPSA) is 57.6 Å². The van der Waals surface area contributed by atoms with Crippen LogP contribution in [0.5, 0.6) is 0 Å². The smallest absolute Gasteiger partial charge is 0.326 e. The summed E-state index contributed by atoms with van der Waals surface area (Å²) in [5.74, 6) is -2.03. The Balaban J connectivity index is 2.32. The van der Waals surface area contributed by atoms with Crippen LogP contribution in [0.2, 0.25) is 0 Å². The van der Waals surface area contributed by atoms with Gasteiger partial charge in [0.2, 0.25) is 0 Å². The number of thioether (sulfide) groups is 1. The molecule has 1 N–H and O–H groups in total. The first-order valence-corrected chi connectivity index (χ1v) is 7.92. The maximum Gasteiger partial charge on any atom is 0.326 e. The molecule has 1 aromatic rings. The number of hydrogen-bond donors (Lipinski definition) is 1. The van der Waals surface area contributed by atoms with Crippen molar-refractivity contribution >= 4 is 46.3 Å². The van der Waals surface area contributed by atoms with E-state index in [4.69, 9.17) is 12.2 Å². The third-order valence-corrected chi connectivity index (χ3v) is 4.50. The van der Waals surface area contributed by atoms with E-state index in [1.807, 2.05) is 6.92 Å². The average Bonchev–Trinajstić information content (AvgIpc) is 2.73. The van der Waals surface area contributed by atoms with Gasteiger partial charge in [-0.3, -0.25) is 9.69 Å². The van der Waals surface area contributed by atoms with E-state index in [1.165, 1.54) is 12.1 Å². The van der Waals surface area contributed by atoms with Crippen molar-refractivity contribution in [2.24, 2.45) is 0 Å². The number of carbonyl (C=O) groups is 2. The lowest BCUT2D eigenvalue weighted by atomic mass is 10.1. The number of halogens is 1. The summed E-state index contributed by atoms with van der Waals surface area (Å²) in [4.78, 5) is 25.1. The van der Waals surface area contributed by atoms with E-state index >= 15 is 0 Å². The van der Waals surface area contributed by atoms with Crippen LogP contribution >= 0.6 is 24.0 Å². The SMILES string of the molecule is CCC[C@H](C(=O)O)N1C(=O)/C(=C/c2ccccc2F)SC1=S. The summed E-state index contributed by atoms with van der Waals surface area (Å²) in [6.07, 6.45) is 2.33. The van der Waals surface area contributed by atoms with E-state index in [9.17, 15) is 19.1 Å². The summed E-state index contributed by atoms with van der Waals surface area (Å²) in [5, 5.41) is 9.28. The molecular weight excluding hydrogens is 325 g/mol. The van der Waals surface area contributed by atoms with Crippen molar-refractivity contribution < 1.29 is 19.1 Å². The quantitative estimate of drug-likeness (QED) is 0.659. The Bertz CT molecular complexity index is 660. The number of nitrogens with zero attached hydrogens (tertiary/aromatic N) is 1. The number of carboxylic acid groups (broad SMARTS) is 1. The third kappa shape index (κ3) is 3.36. The van der Waals surface area contributed by atoms with Crippen molar-refractivity contribution in [3.8, 4) is 0 Å². The van der Waals surface area contributed by atoms with Gasteiger partial charge >= 0.3 is 5.97 Å². The van der Waals surface area contributed by atoms with Crippen molar-refractivity contribution in [1.82, 2.24) is 4.90 Å². The van der Waals surface area contributed by atoms with Gasteiger partial charge < -0.3 is 5.11 Å². The highest BCUT2D eigenvalue weighted by Crippen LogP contribution is 2.35. The van der Waals surface area contributed by atoms with Gasteiger partial charge in [0.1, 0.15) is 16.2 Å². The Morgan fingerprint density at radius 2 is 2.18 bits per heavy atom. The van der Waals surface area contributed by atoms with Gasteiger partial charge in [-0.25, -0.2) is 9.18 Å². The lowest BCUT2D eigenvalue weighted by Crippen LogP contribution is -2.43. The molecule has 1 fully saturated rings. The highest BCUT2D eigenvalue weighted by molar-refractivity contribution is 8.26. The van der Waals surface area contributed by atoms with Crippen molar-refractivity contribution in [3.05, 3.63) is 40.6 Å². The van der Waals surface area contributed by atoms with Crippen molar-refractivity contribution in [3.63, 3.8) is 0 Å². The molecule has 0 spiro atoms. The monoisotopic (exact) mass is 339 g/mol. The van der Waals surface area contributed by atoms with Crippen LogP contribution in [0.4, 0.5) is 4.39 Å². The molecule has 1 aromatic carbocycles. The van der Waals surface area contributed by atoms with Crippen molar-refractivity contribution in [1.29, 1.82) is 0 Å². The van der Waals surface area contributed by atoms with Crippen molar-refractivity contribution in [2.45, 2.75) is 25.8 Å². The molecule has 116 valence electrons. The van der Waals surface area contributed by atoms with Crippen LogP contribution in [-0.4, -0.2) is 32.2 Å². The molecular formula is C15H14FNO3S2. The summed E-state index contributed by atoms with van der Waals surface area (Å²) >= 11 is 6.12. The van der Waals surface area contributed by atoms with Gasteiger partial charge in [-0.05, 0) is 18.6 Å². The number of thiocarbonyl (C=S) groups is 1. The van der Waals surface area contributed by atoms with Gasteiger partial charge in [-0.1, -0.05) is 55.5 Å². The van der Waals surface area contributed by atoms with E-state index in [0.29, 0.717) is 12.8 Å². The minimum Gasteiger partial charge on any atom is -0.480 e. The lowest BCUT2D eigenvalue weighted by molar-refractivity contribution is -0.145. The molecule has 2 rings (SSSR count). The molecule has 1 heterocycles. The van der Waals surface area contributed by atoms with Crippen LogP contribution in [0.1, 0.15) is 25.3 Å². The Hall–Kier alpha value is -1.73. The van der Waals surface area contributed by atoms with Gasteiger partial charge in [0, 0.05) is 5.56 Å². The number of carboxylic acids is 1. The fourth-order valence-corrected chi connectivity index (χ4v) is 3.47. The van der Waals surface area contributed by atoms with Gasteiger partial charge in [-0.2, -0.15) is 0 Å². The highest BCUT2D eigenvalue weighted by atomic mass is 32.2. The first kappa shape index (κ1) is 16.6. The largest absolute Gasteiger partial charge is 0.480 e. The molecule has 0 radical (unpaired) electrons. The summed E-state index contributed by atoms with van der Waals surface area (Å²) < 4.78 is 13.9. The first-order chi connectivity index (χ1) is 10.5. The average molecular weight is 339 g/mol. The first-order valence-electron chi connectivity index (χ1n) is 6.70. The fourth-order valence-electron chi connectivity index (χ4n) is 2.12. The zero-order valence-corrected chi connectivity index (χ0v) is 13.4. The highest BCUT2D eigenvalue weighted by Gasteiger charge is 2.40. The standard InChI is InChI=1S/C15H14FNO3S2/c1-2-5-11(14(19)20)17-13(18)12(22-15(17)21)8-9-6-3-4-7-10(9)16/h3-4,6-8,11H,2,5H2,1H3,(H,19,20)/b12-8-/t11-/m1/s1. The molecule has 1 saturated heterocycles. The molecule has 1 atom stereocenters. The van der Waals surface area contributed by atoms with E-state index in [1.54, 1.807) is 18.2 Å². The molecule has 0 bridgehead atoms. The summed E-state index contributed by atoms with van der Waals surface area (Å²) in [7, 11) is 0. The van der Waals surface area contributed by atoms with E-state index in [-0.39, 0.29) is 14.8 Å². The van der Waals surface area contributed by atoms with E-state index < -0.39 is 23.7 Å². The number of aliphatic carboxylic acids is 1. The summed E-state index contributed by atoms with van der Waals surface area (Å²) in [6, 6.07) is 5.07. The predicted octanol–water partition coefficient (Wildman–Crippen LogP) is 3.28. The maximum atomic E-state index is 13.7. The Morgan fingerprint density at radius 1 is 1.50 bits per heavy atom. The van der Waals surface area contributed by atoms with Gasteiger partial charge in [0.05, 0.1) is 4.91 Å². The second-order valence-electron chi connectivity index (χ2n) is 4.72. The number of rotatable bonds is 5. The number of amides is 1. The molecule has 7 heteroatoms. The Labute approximate surface area is 137 Å². The van der Waals surface area contributed by atoms with Gasteiger partial charge in [0.15, 0.2) is 0 Å². The van der Waals surface area contributed by atoms with Gasteiger partial charge in [0.25, 0.3) is 5.91 Å². The zero-order valence-electron chi connectivity index (χ0n) is 11.8. The number of benzene rings is 1. The Morgan fingerprint density at radius 3 is 2.77 bits per heavy atom. The zero-order chi connectivity index (χ0) is 16.3. The summed E-state index contributed by atoms with van der Waals surface area (Å²) in [6.45, 7) is 1.84. The van der Waals surface area contributed by atoms with E-state index in [0.717, 1.165) is 16.7 Å². The molecule has 0 saturated carbocycles. The molecule has 1 amide bonds. The van der Waals surface area contributed by atoms with Crippen LogP contribution in [0.15, 0.2) is 29.2 Å². The summed E-state index contributed by atoms with van der Waals surface area (Å²) in [5.41, 5.74) is 0.269. The third-order valence-electron chi connectivity index (χ3n) is 3.17. The molecule has 0 aliphatic carbocycles. The molecule has 0 unspecified atom stereocenters. The van der Waals surface area contributed by atoms with Gasteiger partial charge in [-0.15, -0.1) is 0 Å². The van der Waals surface area contributed by atoms with Crippen LogP contribution in [0.25, 0.3) is 6.08 Å². The second kappa shape index (κ2) is 7.02. The second-order valence-corrected chi connectivity index (χ2v) is 6.39. The normalized spacial score (nSPS) is 18.1. The molecule has 1 aliphatic heterocycles.